The van der Waals surface area contributed by atoms with E-state index in [1.165, 1.54) is 0 Å². The molecular weight excluding hydrogens is 394 g/mol. The molecule has 0 N–H and O–H groups in total. The molecule has 3 heterocycles. The van der Waals surface area contributed by atoms with Gasteiger partial charge < -0.3 is 4.90 Å². The van der Waals surface area contributed by atoms with Crippen LogP contribution in [0.25, 0.3) is 10.6 Å². The number of benzene rings is 1. The first-order valence-electron chi connectivity index (χ1n) is 10.6. The summed E-state index contributed by atoms with van der Waals surface area (Å²) in [7, 11) is 0. The molecule has 1 amide bonds. The van der Waals surface area contributed by atoms with E-state index in [9.17, 15) is 9.59 Å². The first-order chi connectivity index (χ1) is 14.6. The van der Waals surface area contributed by atoms with Gasteiger partial charge in [-0.05, 0) is 48.3 Å². The molecule has 2 atom stereocenters. The van der Waals surface area contributed by atoms with E-state index in [-0.39, 0.29) is 28.8 Å². The minimum absolute atomic E-state index is 0.00772. The third-order valence-electron chi connectivity index (χ3n) is 6.55. The van der Waals surface area contributed by atoms with Crippen molar-refractivity contribution in [2.75, 3.05) is 13.1 Å². The first kappa shape index (κ1) is 19.2. The van der Waals surface area contributed by atoms with Gasteiger partial charge in [0.05, 0.1) is 16.3 Å². The zero-order valence-electron chi connectivity index (χ0n) is 17.0. The van der Waals surface area contributed by atoms with Crippen molar-refractivity contribution < 1.29 is 4.79 Å². The molecule has 0 radical (unpaired) electrons. The van der Waals surface area contributed by atoms with Gasteiger partial charge in [-0.2, -0.15) is 5.10 Å². The Bertz CT molecular complexity index is 1100. The molecule has 30 heavy (non-hydrogen) atoms. The van der Waals surface area contributed by atoms with Gasteiger partial charge in [-0.3, -0.25) is 9.59 Å². The maximum atomic E-state index is 13.4. The van der Waals surface area contributed by atoms with Crippen LogP contribution in [0.3, 0.4) is 0 Å². The molecule has 2 fully saturated rings. The van der Waals surface area contributed by atoms with Gasteiger partial charge in [-0.25, -0.2) is 4.68 Å². The van der Waals surface area contributed by atoms with Crippen molar-refractivity contribution in [1.82, 2.24) is 14.7 Å². The lowest BCUT2D eigenvalue weighted by Crippen LogP contribution is -2.49. The third-order valence-corrected chi connectivity index (χ3v) is 7.44. The molecule has 0 bridgehead atoms. The van der Waals surface area contributed by atoms with Gasteiger partial charge in [0.15, 0.2) is 0 Å². The van der Waals surface area contributed by atoms with Crippen LogP contribution in [0.5, 0.6) is 0 Å². The molecular formula is C24H25N3O2S. The summed E-state index contributed by atoms with van der Waals surface area (Å²) in [5, 5.41) is 6.69. The van der Waals surface area contributed by atoms with Gasteiger partial charge >= 0.3 is 0 Å². The van der Waals surface area contributed by atoms with Crippen molar-refractivity contribution in [3.63, 3.8) is 0 Å². The Kier molecular flexibility index (Phi) is 4.82. The minimum Gasteiger partial charge on any atom is -0.342 e. The van der Waals surface area contributed by atoms with Crippen molar-refractivity contribution in [3.05, 3.63) is 75.9 Å². The van der Waals surface area contributed by atoms with Gasteiger partial charge in [0.25, 0.3) is 5.56 Å². The number of piperidine rings is 1. The van der Waals surface area contributed by atoms with E-state index in [4.69, 9.17) is 0 Å². The van der Waals surface area contributed by atoms with Crippen LogP contribution in [0.2, 0.25) is 0 Å². The number of hydrogen-bond donors (Lipinski definition) is 0. The lowest BCUT2D eigenvalue weighted by atomic mass is 9.90. The number of likely N-dealkylation sites (tertiary alicyclic amines) is 1. The van der Waals surface area contributed by atoms with Crippen LogP contribution >= 0.6 is 11.3 Å². The van der Waals surface area contributed by atoms with Crippen LogP contribution in [-0.4, -0.2) is 33.7 Å². The van der Waals surface area contributed by atoms with Crippen molar-refractivity contribution in [1.29, 1.82) is 0 Å². The van der Waals surface area contributed by atoms with Crippen molar-refractivity contribution in [2.24, 2.45) is 5.92 Å². The number of aromatic nitrogens is 2. The highest BCUT2D eigenvalue weighted by Crippen LogP contribution is 2.50. The minimum atomic E-state index is -0.331. The second-order valence-electron chi connectivity index (χ2n) is 8.51. The summed E-state index contributed by atoms with van der Waals surface area (Å²) >= 11 is 1.62. The predicted octanol–water partition coefficient (Wildman–Crippen LogP) is 4.11. The summed E-state index contributed by atoms with van der Waals surface area (Å²) in [6.07, 6.45) is 2.60. The van der Waals surface area contributed by atoms with E-state index in [0.717, 1.165) is 35.4 Å². The Balaban J connectivity index is 1.35. The summed E-state index contributed by atoms with van der Waals surface area (Å²) in [6, 6.07) is 17.6. The highest BCUT2D eigenvalue weighted by atomic mass is 32.1. The van der Waals surface area contributed by atoms with E-state index in [2.05, 4.69) is 24.2 Å². The van der Waals surface area contributed by atoms with E-state index >= 15 is 0 Å². The third kappa shape index (κ3) is 3.29. The van der Waals surface area contributed by atoms with Gasteiger partial charge in [0, 0.05) is 19.2 Å². The Morgan fingerprint density at radius 1 is 1.10 bits per heavy atom. The Hall–Kier alpha value is -2.73. The van der Waals surface area contributed by atoms with Crippen molar-refractivity contribution in [2.45, 2.75) is 37.6 Å². The molecule has 1 saturated carbocycles. The number of carbonyl (C=O) groups is 1. The van der Waals surface area contributed by atoms with Crippen LogP contribution in [-0.2, 0) is 10.2 Å². The molecule has 0 spiro atoms. The first-order valence-corrected chi connectivity index (χ1v) is 11.5. The van der Waals surface area contributed by atoms with Gasteiger partial charge in [-0.15, -0.1) is 11.3 Å². The van der Waals surface area contributed by atoms with E-state index in [0.29, 0.717) is 13.1 Å². The fourth-order valence-electron chi connectivity index (χ4n) is 4.71. The SMILES string of the molecule is C[C@H]1CN(C(=O)C2(c3ccccc3)CC2)CC[C@H]1n1nc(-c2cccs2)ccc1=O. The summed E-state index contributed by atoms with van der Waals surface area (Å²) in [5.41, 5.74) is 1.56. The second kappa shape index (κ2) is 7.51. The van der Waals surface area contributed by atoms with Crippen molar-refractivity contribution in [3.8, 4) is 10.6 Å². The normalized spacial score (nSPS) is 22.6. The van der Waals surface area contributed by atoms with Crippen LogP contribution in [0.15, 0.2) is 64.8 Å². The molecule has 5 rings (SSSR count). The number of carbonyl (C=O) groups excluding carboxylic acids is 1. The molecule has 1 aliphatic heterocycles. The summed E-state index contributed by atoms with van der Waals surface area (Å²) in [6.45, 7) is 3.45. The second-order valence-corrected chi connectivity index (χ2v) is 9.46. The van der Waals surface area contributed by atoms with E-state index < -0.39 is 0 Å². The fraction of sp³-hybridized carbons (Fsp3) is 0.375. The Morgan fingerprint density at radius 2 is 1.90 bits per heavy atom. The van der Waals surface area contributed by atoms with Crippen LogP contribution in [0.4, 0.5) is 0 Å². The molecule has 3 aromatic rings. The standard InChI is InChI=1S/C24H25N3O2S/c1-17-16-26(23(29)24(12-13-24)18-6-3-2-4-7-18)14-11-20(17)27-22(28)10-9-19(25-27)21-8-5-15-30-21/h2-10,15,17,20H,11-14,16H2,1H3/t17-,20+/m0/s1. The molecule has 2 aromatic heterocycles. The average Bonchev–Trinajstić information content (AvgIpc) is 3.41. The number of hydrogen-bond acceptors (Lipinski definition) is 4. The molecule has 0 unspecified atom stereocenters. The maximum absolute atomic E-state index is 13.4. The van der Waals surface area contributed by atoms with Gasteiger partial charge in [0.1, 0.15) is 5.69 Å². The number of nitrogens with zero attached hydrogens (tertiary/aromatic N) is 3. The Labute approximate surface area is 180 Å². The van der Waals surface area contributed by atoms with Crippen molar-refractivity contribution >= 4 is 17.2 Å². The highest BCUT2D eigenvalue weighted by molar-refractivity contribution is 7.13. The van der Waals surface area contributed by atoms with E-state index in [1.807, 2.05) is 40.6 Å². The monoisotopic (exact) mass is 419 g/mol. The number of thiophene rings is 1. The molecule has 154 valence electrons. The number of rotatable bonds is 4. The van der Waals surface area contributed by atoms with Crippen LogP contribution in [0.1, 0.15) is 37.8 Å². The maximum Gasteiger partial charge on any atom is 0.267 e. The van der Waals surface area contributed by atoms with E-state index in [1.54, 1.807) is 28.2 Å². The quantitative estimate of drug-likeness (QED) is 0.639. The zero-order valence-corrected chi connectivity index (χ0v) is 17.8. The van der Waals surface area contributed by atoms with Gasteiger partial charge in [-0.1, -0.05) is 43.3 Å². The van der Waals surface area contributed by atoms with Crippen LogP contribution < -0.4 is 5.56 Å². The molecule has 1 saturated heterocycles. The molecule has 2 aliphatic rings. The average molecular weight is 420 g/mol. The lowest BCUT2D eigenvalue weighted by molar-refractivity contribution is -0.136. The molecule has 5 nitrogen and oxygen atoms in total. The summed E-state index contributed by atoms with van der Waals surface area (Å²) in [5.74, 6) is 0.407. The summed E-state index contributed by atoms with van der Waals surface area (Å²) < 4.78 is 1.64. The Morgan fingerprint density at radius 3 is 2.57 bits per heavy atom. The topological polar surface area (TPSA) is 55.2 Å². The number of amides is 1. The largest absolute Gasteiger partial charge is 0.342 e. The summed E-state index contributed by atoms with van der Waals surface area (Å²) in [4.78, 5) is 29.0. The smallest absolute Gasteiger partial charge is 0.267 e. The fourth-order valence-corrected chi connectivity index (χ4v) is 5.40. The molecule has 6 heteroatoms. The zero-order chi connectivity index (χ0) is 20.7. The highest BCUT2D eigenvalue weighted by Gasteiger charge is 2.53. The van der Waals surface area contributed by atoms with Crippen LogP contribution in [0, 0.1) is 5.92 Å². The molecule has 1 aromatic carbocycles. The molecule has 1 aliphatic carbocycles. The predicted molar refractivity (Wildman–Crippen MR) is 119 cm³/mol. The lowest BCUT2D eigenvalue weighted by Gasteiger charge is -2.38. The van der Waals surface area contributed by atoms with Gasteiger partial charge in [0.2, 0.25) is 5.91 Å².